The number of esters is 1. The number of aliphatic hydroxyl groups excluding tert-OH is 1. The molecule has 0 aliphatic carbocycles. The number of benzene rings is 3. The third-order valence-corrected chi connectivity index (χ3v) is 8.51. The lowest BCUT2D eigenvalue weighted by molar-refractivity contribution is -0.150. The standard InChI is InChI=1S/C42H53N3O7/c1-3-16-35(28-39(47)44-38(29-46)27-33-20-10-6-11-21-33)40(48)45-37(24-14-15-25-43-42(50)52-30-34-22-12-7-13-23-34)31-51-41(49)36(17-4-2)26-32-18-8-5-9-19-32/h3-13,18-23,35-38,46H,1-2,14-17,24-31H2,(H,43,50)(H,44,47)(H,45,48)/t35-,36+,37-,38+/m0/s1. The van der Waals surface area contributed by atoms with Crippen LogP contribution in [0.1, 0.15) is 55.2 Å². The van der Waals surface area contributed by atoms with Gasteiger partial charge in [-0.15, -0.1) is 13.2 Å². The zero-order valence-corrected chi connectivity index (χ0v) is 29.9. The molecular weight excluding hydrogens is 658 g/mol. The molecule has 3 rings (SSSR count). The third-order valence-electron chi connectivity index (χ3n) is 8.51. The van der Waals surface area contributed by atoms with E-state index < -0.39 is 30.0 Å². The molecule has 0 aliphatic heterocycles. The van der Waals surface area contributed by atoms with Gasteiger partial charge in [0, 0.05) is 13.0 Å². The molecule has 0 aromatic heterocycles. The van der Waals surface area contributed by atoms with Crippen LogP contribution in [0.15, 0.2) is 116 Å². The van der Waals surface area contributed by atoms with Gasteiger partial charge in [-0.25, -0.2) is 4.79 Å². The molecule has 3 amide bonds. The zero-order valence-electron chi connectivity index (χ0n) is 29.9. The second kappa shape index (κ2) is 24.1. The SMILES string of the molecule is C=CC[C@@H](CC(=O)N[C@@H](CO)Cc1ccccc1)C(=O)N[C@@H](CCCCNC(=O)OCc1ccccc1)COC(=O)[C@H](CC=C)Cc1ccccc1. The average Bonchev–Trinajstić information content (AvgIpc) is 3.16. The minimum absolute atomic E-state index is 0.0593. The highest BCUT2D eigenvalue weighted by Gasteiger charge is 2.26. The van der Waals surface area contributed by atoms with Gasteiger partial charge >= 0.3 is 12.1 Å². The van der Waals surface area contributed by atoms with Gasteiger partial charge in [-0.3, -0.25) is 14.4 Å². The summed E-state index contributed by atoms with van der Waals surface area (Å²) >= 11 is 0. The summed E-state index contributed by atoms with van der Waals surface area (Å²) in [5.41, 5.74) is 2.86. The molecule has 0 heterocycles. The first-order chi connectivity index (χ1) is 25.3. The number of unbranched alkanes of at least 4 members (excludes halogenated alkanes) is 1. The van der Waals surface area contributed by atoms with Crippen molar-refractivity contribution in [1.82, 2.24) is 16.0 Å². The predicted molar refractivity (Wildman–Crippen MR) is 202 cm³/mol. The molecule has 0 saturated carbocycles. The van der Waals surface area contributed by atoms with Crippen molar-refractivity contribution in [3.05, 3.63) is 133 Å². The number of aliphatic hydroxyl groups is 1. The van der Waals surface area contributed by atoms with Crippen LogP contribution in [0.5, 0.6) is 0 Å². The summed E-state index contributed by atoms with van der Waals surface area (Å²) in [6.45, 7) is 7.80. The first-order valence-corrected chi connectivity index (χ1v) is 17.9. The molecule has 0 aliphatic rings. The van der Waals surface area contributed by atoms with Gasteiger partial charge in [0.05, 0.1) is 30.5 Å². The molecule has 52 heavy (non-hydrogen) atoms. The van der Waals surface area contributed by atoms with Gasteiger partial charge in [-0.2, -0.15) is 0 Å². The minimum Gasteiger partial charge on any atom is -0.463 e. The summed E-state index contributed by atoms with van der Waals surface area (Å²) in [5, 5.41) is 18.5. The summed E-state index contributed by atoms with van der Waals surface area (Å²) in [7, 11) is 0. The Balaban J connectivity index is 1.58. The molecule has 0 spiro atoms. The second-order valence-electron chi connectivity index (χ2n) is 12.8. The van der Waals surface area contributed by atoms with Crippen molar-refractivity contribution < 1.29 is 33.8 Å². The summed E-state index contributed by atoms with van der Waals surface area (Å²) in [6.07, 6.45) is 5.94. The number of hydrogen-bond donors (Lipinski definition) is 4. The lowest BCUT2D eigenvalue weighted by Crippen LogP contribution is -2.45. The normalized spacial score (nSPS) is 13.0. The second-order valence-corrected chi connectivity index (χ2v) is 12.8. The number of alkyl carbamates (subject to hydrolysis) is 1. The Bertz CT molecular complexity index is 1520. The Morgan fingerprint density at radius 3 is 1.87 bits per heavy atom. The highest BCUT2D eigenvalue weighted by molar-refractivity contribution is 5.86. The van der Waals surface area contributed by atoms with E-state index in [-0.39, 0.29) is 50.4 Å². The number of carbonyl (C=O) groups is 4. The molecule has 0 fully saturated rings. The Labute approximate surface area is 307 Å². The smallest absolute Gasteiger partial charge is 0.407 e. The first-order valence-electron chi connectivity index (χ1n) is 17.9. The lowest BCUT2D eigenvalue weighted by atomic mass is 9.96. The van der Waals surface area contributed by atoms with Crippen LogP contribution in [0, 0.1) is 11.8 Å². The molecular formula is C42H53N3O7. The summed E-state index contributed by atoms with van der Waals surface area (Å²) < 4.78 is 11.1. The van der Waals surface area contributed by atoms with Crippen LogP contribution in [-0.4, -0.2) is 60.8 Å². The van der Waals surface area contributed by atoms with Crippen molar-refractivity contribution in [3.63, 3.8) is 0 Å². The van der Waals surface area contributed by atoms with Crippen molar-refractivity contribution in [2.75, 3.05) is 19.8 Å². The number of ether oxygens (including phenoxy) is 2. The average molecular weight is 712 g/mol. The maximum atomic E-state index is 13.6. The van der Waals surface area contributed by atoms with E-state index in [1.807, 2.05) is 91.0 Å². The maximum absolute atomic E-state index is 13.6. The van der Waals surface area contributed by atoms with Gasteiger partial charge in [0.25, 0.3) is 0 Å². The molecule has 0 bridgehead atoms. The van der Waals surface area contributed by atoms with Crippen molar-refractivity contribution >= 4 is 23.9 Å². The summed E-state index contributed by atoms with van der Waals surface area (Å²) in [5.74, 6) is -2.27. The largest absolute Gasteiger partial charge is 0.463 e. The van der Waals surface area contributed by atoms with Crippen LogP contribution < -0.4 is 16.0 Å². The molecule has 0 unspecified atom stereocenters. The third kappa shape index (κ3) is 16.2. The molecule has 0 saturated heterocycles. The summed E-state index contributed by atoms with van der Waals surface area (Å²) in [4.78, 5) is 52.1. The van der Waals surface area contributed by atoms with Gasteiger partial charge in [0.15, 0.2) is 0 Å². The van der Waals surface area contributed by atoms with Gasteiger partial charge in [-0.1, -0.05) is 103 Å². The Morgan fingerprint density at radius 2 is 1.27 bits per heavy atom. The molecule has 4 atom stereocenters. The fourth-order valence-electron chi connectivity index (χ4n) is 5.71. The van der Waals surface area contributed by atoms with Crippen LogP contribution >= 0.6 is 0 Å². The number of hydrogen-bond acceptors (Lipinski definition) is 7. The number of carbonyl (C=O) groups excluding carboxylic acids is 4. The van der Waals surface area contributed by atoms with E-state index >= 15 is 0 Å². The summed E-state index contributed by atoms with van der Waals surface area (Å²) in [6, 6.07) is 27.5. The molecule has 278 valence electrons. The predicted octanol–water partition coefficient (Wildman–Crippen LogP) is 5.85. The quantitative estimate of drug-likeness (QED) is 0.0519. The van der Waals surface area contributed by atoms with E-state index in [1.165, 1.54) is 0 Å². The van der Waals surface area contributed by atoms with Crippen LogP contribution in [0.3, 0.4) is 0 Å². The highest BCUT2D eigenvalue weighted by Crippen LogP contribution is 2.17. The number of rotatable bonds is 24. The molecule has 4 N–H and O–H groups in total. The van der Waals surface area contributed by atoms with Crippen LogP contribution in [0.2, 0.25) is 0 Å². The van der Waals surface area contributed by atoms with E-state index in [0.717, 1.165) is 16.7 Å². The zero-order chi connectivity index (χ0) is 37.4. The molecule has 3 aromatic carbocycles. The fraction of sp³-hybridized carbons (Fsp3) is 0.381. The monoisotopic (exact) mass is 711 g/mol. The Kier molecular flexibility index (Phi) is 19.1. The fourth-order valence-corrected chi connectivity index (χ4v) is 5.71. The number of nitrogens with one attached hydrogen (secondary N) is 3. The first kappa shape index (κ1) is 41.2. The van der Waals surface area contributed by atoms with Crippen LogP contribution in [0.4, 0.5) is 4.79 Å². The molecule has 3 aromatic rings. The van der Waals surface area contributed by atoms with E-state index in [1.54, 1.807) is 12.2 Å². The van der Waals surface area contributed by atoms with Crippen molar-refractivity contribution in [2.24, 2.45) is 11.8 Å². The van der Waals surface area contributed by atoms with Crippen LogP contribution in [-0.2, 0) is 43.3 Å². The molecule has 0 radical (unpaired) electrons. The highest BCUT2D eigenvalue weighted by atomic mass is 16.5. The molecule has 10 nitrogen and oxygen atoms in total. The van der Waals surface area contributed by atoms with Gasteiger partial charge in [0.1, 0.15) is 13.2 Å². The van der Waals surface area contributed by atoms with E-state index in [0.29, 0.717) is 45.1 Å². The van der Waals surface area contributed by atoms with Crippen molar-refractivity contribution in [2.45, 2.75) is 70.1 Å². The number of allylic oxidation sites excluding steroid dienone is 2. The lowest BCUT2D eigenvalue weighted by Gasteiger charge is -2.24. The number of amides is 3. The van der Waals surface area contributed by atoms with E-state index in [4.69, 9.17) is 9.47 Å². The van der Waals surface area contributed by atoms with Crippen molar-refractivity contribution in [3.8, 4) is 0 Å². The van der Waals surface area contributed by atoms with E-state index in [2.05, 4.69) is 29.1 Å². The van der Waals surface area contributed by atoms with Crippen molar-refractivity contribution in [1.29, 1.82) is 0 Å². The Hall–Kier alpha value is -5.22. The minimum atomic E-state index is -0.723. The van der Waals surface area contributed by atoms with Gasteiger partial charge < -0.3 is 30.5 Å². The Morgan fingerprint density at radius 1 is 0.692 bits per heavy atom. The topological polar surface area (TPSA) is 143 Å². The van der Waals surface area contributed by atoms with Crippen LogP contribution in [0.25, 0.3) is 0 Å². The maximum Gasteiger partial charge on any atom is 0.407 e. The van der Waals surface area contributed by atoms with E-state index in [9.17, 15) is 24.3 Å². The van der Waals surface area contributed by atoms with Gasteiger partial charge in [0.2, 0.25) is 11.8 Å². The molecule has 10 heteroatoms. The van der Waals surface area contributed by atoms with Gasteiger partial charge in [-0.05, 0) is 61.6 Å².